The maximum atomic E-state index is 9.00. The molecule has 3 N–H and O–H groups in total. The van der Waals surface area contributed by atoms with Crippen LogP contribution in [0.5, 0.6) is 0 Å². The first-order valence-electron chi connectivity index (χ1n) is 1.71. The molecule has 0 radical (unpaired) electrons. The predicted octanol–water partition coefficient (Wildman–Crippen LogP) is 0.216. The van der Waals surface area contributed by atoms with Crippen LogP contribution in [0.1, 0.15) is 6.92 Å². The summed E-state index contributed by atoms with van der Waals surface area (Å²) in [4.78, 5) is 24.7. The molecule has 0 unspecified atom stereocenters. The van der Waals surface area contributed by atoms with E-state index < -0.39 is 11.7 Å². The standard InChI is InChI=1S/C2H4O2.H3O2PS2/c1-2(3)4;1-3(2,4)5/h1H3,(H,3,4);(H3,1,2,4,5). The topological polar surface area (TPSA) is 77.8 Å². The van der Waals surface area contributed by atoms with Crippen molar-refractivity contribution >= 4 is 35.7 Å². The summed E-state index contributed by atoms with van der Waals surface area (Å²) in [5.41, 5.74) is -3.11. The molecule has 0 heterocycles. The molecule has 56 valence electrons. The van der Waals surface area contributed by atoms with Gasteiger partial charge in [-0.05, 0) is 11.8 Å². The van der Waals surface area contributed by atoms with Crippen molar-refractivity contribution in [3.63, 3.8) is 0 Å². The second-order valence-electron chi connectivity index (χ2n) is 1.03. The SMILES string of the molecule is CC(=O)O.OP(O)(=S)S. The second kappa shape index (κ2) is 5.20. The number of aliphatic carboxylic acids is 1. The van der Waals surface area contributed by atoms with Gasteiger partial charge in [-0.3, -0.25) is 4.79 Å². The molecule has 0 fully saturated rings. The van der Waals surface area contributed by atoms with Crippen molar-refractivity contribution in [1.29, 1.82) is 0 Å². The third-order valence-electron chi connectivity index (χ3n) is 0. The molecule has 4 nitrogen and oxygen atoms in total. The van der Waals surface area contributed by atoms with Crippen molar-refractivity contribution < 1.29 is 19.7 Å². The van der Waals surface area contributed by atoms with Crippen molar-refractivity contribution in [3.05, 3.63) is 0 Å². The highest BCUT2D eigenvalue weighted by molar-refractivity contribution is 8.59. The Balaban J connectivity index is 0. The van der Waals surface area contributed by atoms with Crippen LogP contribution in [0.3, 0.4) is 0 Å². The third-order valence-corrected chi connectivity index (χ3v) is 0. The normalized spacial score (nSPS) is 9.33. The van der Waals surface area contributed by atoms with Gasteiger partial charge in [0.1, 0.15) is 0 Å². The van der Waals surface area contributed by atoms with Crippen LogP contribution in [-0.4, -0.2) is 20.9 Å². The first kappa shape index (κ1) is 12.1. The Bertz CT molecular complexity index is 116. The molecule has 0 saturated heterocycles. The highest BCUT2D eigenvalue weighted by atomic mass is 32.9. The molecule has 0 amide bonds. The average Bonchev–Trinajstić information content (AvgIpc) is 1.19. The van der Waals surface area contributed by atoms with E-state index in [1.165, 1.54) is 0 Å². The first-order valence-corrected chi connectivity index (χ1v) is 5.57. The van der Waals surface area contributed by atoms with E-state index in [1.807, 2.05) is 0 Å². The fourth-order valence-electron chi connectivity index (χ4n) is 0. The zero-order chi connectivity index (χ0) is 8.08. The van der Waals surface area contributed by atoms with Crippen LogP contribution in [0.15, 0.2) is 0 Å². The lowest BCUT2D eigenvalue weighted by atomic mass is 10.9. The molecule has 9 heavy (non-hydrogen) atoms. The smallest absolute Gasteiger partial charge is 0.300 e. The van der Waals surface area contributed by atoms with Crippen molar-refractivity contribution in [2.45, 2.75) is 6.92 Å². The molecular weight excluding hydrogens is 183 g/mol. The molecule has 0 saturated carbocycles. The molecule has 7 heteroatoms. The van der Waals surface area contributed by atoms with E-state index >= 15 is 0 Å². The molecule has 0 atom stereocenters. The van der Waals surface area contributed by atoms with Gasteiger partial charge >= 0.3 is 0 Å². The number of carbonyl (C=O) groups is 1. The number of carboxylic acid groups (broad SMARTS) is 1. The van der Waals surface area contributed by atoms with Crippen LogP contribution < -0.4 is 0 Å². The van der Waals surface area contributed by atoms with Gasteiger partial charge in [0.15, 0.2) is 0 Å². The predicted molar refractivity (Wildman–Crippen MR) is 41.0 cm³/mol. The summed E-state index contributed by atoms with van der Waals surface area (Å²) in [6, 6.07) is 0. The lowest BCUT2D eigenvalue weighted by Crippen LogP contribution is -1.78. The van der Waals surface area contributed by atoms with Gasteiger partial charge in [0.2, 0.25) is 5.69 Å². The van der Waals surface area contributed by atoms with E-state index in [-0.39, 0.29) is 0 Å². The summed E-state index contributed by atoms with van der Waals surface area (Å²) in [5, 5.41) is 7.42. The van der Waals surface area contributed by atoms with Crippen molar-refractivity contribution in [1.82, 2.24) is 0 Å². The minimum atomic E-state index is -3.11. The molecule has 0 aliphatic heterocycles. The fraction of sp³-hybridized carbons (Fsp3) is 0.500. The zero-order valence-corrected chi connectivity index (χ0v) is 7.16. The molecule has 0 aromatic rings. The molecule has 0 aliphatic rings. The molecule has 0 spiro atoms. The number of carboxylic acids is 1. The molecular formula is C2H7O4PS2. The van der Waals surface area contributed by atoms with Gasteiger partial charge in [-0.15, -0.1) is 0 Å². The maximum absolute atomic E-state index is 9.00. The fourth-order valence-corrected chi connectivity index (χ4v) is 0. The van der Waals surface area contributed by atoms with Gasteiger partial charge < -0.3 is 14.9 Å². The summed E-state index contributed by atoms with van der Waals surface area (Å²) in [6.07, 6.45) is 0. The Morgan fingerprint density at radius 1 is 1.67 bits per heavy atom. The summed E-state index contributed by atoms with van der Waals surface area (Å²) < 4.78 is 0. The van der Waals surface area contributed by atoms with Gasteiger partial charge in [-0.1, -0.05) is 12.2 Å². The number of hydrogen-bond donors (Lipinski definition) is 4. The van der Waals surface area contributed by atoms with Gasteiger partial charge in [-0.2, -0.15) is 0 Å². The van der Waals surface area contributed by atoms with Crippen LogP contribution in [0, 0.1) is 0 Å². The van der Waals surface area contributed by atoms with E-state index in [1.54, 1.807) is 0 Å². The lowest BCUT2D eigenvalue weighted by molar-refractivity contribution is -0.134. The van der Waals surface area contributed by atoms with E-state index in [9.17, 15) is 0 Å². The molecule has 0 bridgehead atoms. The van der Waals surface area contributed by atoms with Crippen LogP contribution in [-0.2, 0) is 16.6 Å². The molecule has 0 aromatic heterocycles. The zero-order valence-electron chi connectivity index (χ0n) is 4.55. The summed E-state index contributed by atoms with van der Waals surface area (Å²) in [6.45, 7) is 1.08. The highest BCUT2D eigenvalue weighted by Crippen LogP contribution is 2.39. The summed E-state index contributed by atoms with van der Waals surface area (Å²) in [7, 11) is 0. The number of rotatable bonds is 0. The van der Waals surface area contributed by atoms with Crippen LogP contribution >= 0.6 is 17.9 Å². The minimum absolute atomic E-state index is 0.833. The Morgan fingerprint density at radius 3 is 1.67 bits per heavy atom. The Morgan fingerprint density at radius 2 is 1.67 bits per heavy atom. The second-order valence-corrected chi connectivity index (χ2v) is 6.07. The monoisotopic (exact) mass is 190 g/mol. The van der Waals surface area contributed by atoms with E-state index in [0.717, 1.165) is 6.92 Å². The van der Waals surface area contributed by atoms with Gasteiger partial charge in [0.05, 0.1) is 0 Å². The van der Waals surface area contributed by atoms with Crippen molar-refractivity contribution in [2.24, 2.45) is 0 Å². The van der Waals surface area contributed by atoms with Crippen LogP contribution in [0.4, 0.5) is 0 Å². The average molecular weight is 190 g/mol. The van der Waals surface area contributed by atoms with Gasteiger partial charge in [0.25, 0.3) is 5.97 Å². The Hall–Kier alpha value is 0.390. The first-order chi connectivity index (χ1) is 3.73. The maximum Gasteiger partial charge on any atom is 0.300 e. The van der Waals surface area contributed by atoms with Crippen LogP contribution in [0.25, 0.3) is 0 Å². The molecule has 0 aliphatic carbocycles. The van der Waals surface area contributed by atoms with E-state index in [2.05, 4.69) is 24.1 Å². The van der Waals surface area contributed by atoms with E-state index in [0.29, 0.717) is 0 Å². The number of thiol groups is 1. The molecule has 0 rings (SSSR count). The van der Waals surface area contributed by atoms with Crippen LogP contribution in [0.2, 0.25) is 0 Å². The minimum Gasteiger partial charge on any atom is -0.481 e. The highest BCUT2D eigenvalue weighted by Gasteiger charge is 1.90. The lowest BCUT2D eigenvalue weighted by Gasteiger charge is -1.88. The van der Waals surface area contributed by atoms with Gasteiger partial charge in [0, 0.05) is 6.92 Å². The van der Waals surface area contributed by atoms with Gasteiger partial charge in [-0.25, -0.2) is 0 Å². The summed E-state index contributed by atoms with van der Waals surface area (Å²) in [5.74, 6) is -0.833. The van der Waals surface area contributed by atoms with E-state index in [4.69, 9.17) is 19.7 Å². The van der Waals surface area contributed by atoms with Crippen molar-refractivity contribution in [2.75, 3.05) is 0 Å². The third kappa shape index (κ3) is 2250. The summed E-state index contributed by atoms with van der Waals surface area (Å²) >= 11 is 7.07. The largest absolute Gasteiger partial charge is 0.481 e. The molecule has 0 aromatic carbocycles. The van der Waals surface area contributed by atoms with Crippen molar-refractivity contribution in [3.8, 4) is 0 Å². The Labute approximate surface area is 62.9 Å². The number of hydrogen-bond acceptors (Lipinski definition) is 2. The quantitative estimate of drug-likeness (QED) is 0.324. The Kier molecular flexibility index (Phi) is 6.99.